The van der Waals surface area contributed by atoms with Gasteiger partial charge in [0.2, 0.25) is 0 Å². The molecule has 86 valence electrons. The number of hydrogen-bond donors (Lipinski definition) is 0. The molecule has 0 aliphatic carbocycles. The second-order valence-corrected chi connectivity index (χ2v) is 3.82. The maximum absolute atomic E-state index is 10.9. The van der Waals surface area contributed by atoms with E-state index in [1.807, 2.05) is 12.1 Å². The van der Waals surface area contributed by atoms with Gasteiger partial charge in [-0.1, -0.05) is 17.7 Å². The Morgan fingerprint density at radius 3 is 2.71 bits per heavy atom. The molecule has 3 nitrogen and oxygen atoms in total. The predicted molar refractivity (Wildman–Crippen MR) is 65.4 cm³/mol. The third-order valence-electron chi connectivity index (χ3n) is 2.27. The van der Waals surface area contributed by atoms with Gasteiger partial charge in [-0.3, -0.25) is 9.78 Å². The van der Waals surface area contributed by atoms with E-state index in [4.69, 9.17) is 16.3 Å². The van der Waals surface area contributed by atoms with Gasteiger partial charge < -0.3 is 4.74 Å². The van der Waals surface area contributed by atoms with Crippen LogP contribution in [0.4, 0.5) is 0 Å². The first kappa shape index (κ1) is 11.6. The molecule has 17 heavy (non-hydrogen) atoms. The minimum Gasteiger partial charge on any atom is -0.488 e. The van der Waals surface area contributed by atoms with Crippen molar-refractivity contribution in [3.63, 3.8) is 0 Å². The summed E-state index contributed by atoms with van der Waals surface area (Å²) in [6.45, 7) is 0.379. The Morgan fingerprint density at radius 1 is 1.24 bits per heavy atom. The lowest BCUT2D eigenvalue weighted by Crippen LogP contribution is -1.98. The Morgan fingerprint density at radius 2 is 2.00 bits per heavy atom. The highest BCUT2D eigenvalue weighted by molar-refractivity contribution is 6.33. The number of rotatable bonds is 4. The molecule has 0 bridgehead atoms. The van der Waals surface area contributed by atoms with E-state index in [2.05, 4.69) is 4.98 Å². The molecule has 4 heteroatoms. The zero-order valence-corrected chi connectivity index (χ0v) is 9.72. The standard InChI is InChI=1S/C13H10ClNO2/c14-12-2-1-3-13(11(12)8-16)17-9-10-4-6-15-7-5-10/h1-8H,9H2. The van der Waals surface area contributed by atoms with E-state index in [0.717, 1.165) is 5.56 Å². The van der Waals surface area contributed by atoms with Gasteiger partial charge in [0.1, 0.15) is 12.4 Å². The normalized spacial score (nSPS) is 9.94. The monoisotopic (exact) mass is 247 g/mol. The number of hydrogen-bond acceptors (Lipinski definition) is 3. The number of carbonyl (C=O) groups is 1. The summed E-state index contributed by atoms with van der Waals surface area (Å²) in [5.41, 5.74) is 1.36. The van der Waals surface area contributed by atoms with E-state index in [-0.39, 0.29) is 0 Å². The maximum atomic E-state index is 10.9. The molecule has 0 saturated carbocycles. The second-order valence-electron chi connectivity index (χ2n) is 3.41. The van der Waals surface area contributed by atoms with Gasteiger partial charge in [-0.2, -0.15) is 0 Å². The van der Waals surface area contributed by atoms with Crippen molar-refractivity contribution < 1.29 is 9.53 Å². The van der Waals surface area contributed by atoms with E-state index in [1.54, 1.807) is 30.6 Å². The molecule has 1 aromatic heterocycles. The molecule has 0 N–H and O–H groups in total. The first-order chi connectivity index (χ1) is 8.31. The van der Waals surface area contributed by atoms with Crippen molar-refractivity contribution in [3.8, 4) is 5.75 Å². The van der Waals surface area contributed by atoms with Crippen LogP contribution in [0.2, 0.25) is 5.02 Å². The average molecular weight is 248 g/mol. The molecule has 0 saturated heterocycles. The van der Waals surface area contributed by atoms with Crippen LogP contribution in [0.15, 0.2) is 42.7 Å². The first-order valence-corrected chi connectivity index (χ1v) is 5.44. The number of aromatic nitrogens is 1. The van der Waals surface area contributed by atoms with Gasteiger partial charge in [-0.25, -0.2) is 0 Å². The molecule has 0 fully saturated rings. The molecule has 0 atom stereocenters. The second kappa shape index (κ2) is 5.46. The van der Waals surface area contributed by atoms with Gasteiger partial charge in [-0.05, 0) is 29.8 Å². The van der Waals surface area contributed by atoms with Crippen LogP contribution in [0, 0.1) is 0 Å². The highest BCUT2D eigenvalue weighted by Gasteiger charge is 2.06. The summed E-state index contributed by atoms with van der Waals surface area (Å²) in [6, 6.07) is 8.83. The number of nitrogens with zero attached hydrogens (tertiary/aromatic N) is 1. The predicted octanol–water partition coefficient (Wildman–Crippen LogP) is 3.13. The zero-order chi connectivity index (χ0) is 12.1. The van der Waals surface area contributed by atoms with E-state index in [0.29, 0.717) is 29.2 Å². The molecule has 0 radical (unpaired) electrons. The van der Waals surface area contributed by atoms with E-state index < -0.39 is 0 Å². The molecule has 0 amide bonds. The van der Waals surface area contributed by atoms with Gasteiger partial charge in [0.05, 0.1) is 10.6 Å². The number of ether oxygens (including phenoxy) is 1. The lowest BCUT2D eigenvalue weighted by Gasteiger charge is -2.09. The fraction of sp³-hybridized carbons (Fsp3) is 0.0769. The number of pyridine rings is 1. The molecule has 2 rings (SSSR count). The Balaban J connectivity index is 2.14. The summed E-state index contributed by atoms with van der Waals surface area (Å²) in [5, 5.41) is 0.396. The molecule has 1 aromatic carbocycles. The molecular formula is C13H10ClNO2. The summed E-state index contributed by atoms with van der Waals surface area (Å²) in [6.07, 6.45) is 4.08. The first-order valence-electron chi connectivity index (χ1n) is 5.06. The molecule has 0 spiro atoms. The van der Waals surface area contributed by atoms with Crippen LogP contribution in [0.3, 0.4) is 0 Å². The Bertz CT molecular complexity index is 514. The topological polar surface area (TPSA) is 39.2 Å². The average Bonchev–Trinajstić information content (AvgIpc) is 2.37. The largest absolute Gasteiger partial charge is 0.488 e. The van der Waals surface area contributed by atoms with Crippen molar-refractivity contribution in [3.05, 3.63) is 58.9 Å². The third kappa shape index (κ3) is 2.82. The smallest absolute Gasteiger partial charge is 0.155 e. The van der Waals surface area contributed by atoms with E-state index >= 15 is 0 Å². The lowest BCUT2D eigenvalue weighted by atomic mass is 10.2. The summed E-state index contributed by atoms with van der Waals surface area (Å²) >= 11 is 5.89. The third-order valence-corrected chi connectivity index (χ3v) is 2.60. The van der Waals surface area contributed by atoms with Crippen LogP contribution in [-0.4, -0.2) is 11.3 Å². The van der Waals surface area contributed by atoms with Crippen LogP contribution in [0.5, 0.6) is 5.75 Å². The Hall–Kier alpha value is -1.87. The van der Waals surface area contributed by atoms with E-state index in [1.165, 1.54) is 0 Å². The van der Waals surface area contributed by atoms with Crippen LogP contribution in [0.1, 0.15) is 15.9 Å². The summed E-state index contributed by atoms with van der Waals surface area (Å²) < 4.78 is 5.55. The molecule has 0 aliphatic rings. The lowest BCUT2D eigenvalue weighted by molar-refractivity contribution is 0.111. The number of carbonyl (C=O) groups excluding carboxylic acids is 1. The van der Waals surface area contributed by atoms with Crippen LogP contribution in [-0.2, 0) is 6.61 Å². The highest BCUT2D eigenvalue weighted by Crippen LogP contribution is 2.25. The highest BCUT2D eigenvalue weighted by atomic mass is 35.5. The van der Waals surface area contributed by atoms with Crippen LogP contribution in [0.25, 0.3) is 0 Å². The Labute approximate surface area is 104 Å². The molecule has 0 aliphatic heterocycles. The van der Waals surface area contributed by atoms with Gasteiger partial charge in [-0.15, -0.1) is 0 Å². The van der Waals surface area contributed by atoms with Crippen molar-refractivity contribution in [2.24, 2.45) is 0 Å². The maximum Gasteiger partial charge on any atom is 0.155 e. The molecule has 1 heterocycles. The molecule has 2 aromatic rings. The summed E-state index contributed by atoms with van der Waals surface area (Å²) in [5.74, 6) is 0.490. The van der Waals surface area contributed by atoms with Gasteiger partial charge in [0.25, 0.3) is 0 Å². The number of halogens is 1. The summed E-state index contributed by atoms with van der Waals surface area (Å²) in [4.78, 5) is 14.8. The number of aldehydes is 1. The van der Waals surface area contributed by atoms with Gasteiger partial charge >= 0.3 is 0 Å². The van der Waals surface area contributed by atoms with Crippen LogP contribution >= 0.6 is 11.6 Å². The number of benzene rings is 1. The zero-order valence-electron chi connectivity index (χ0n) is 8.97. The SMILES string of the molecule is O=Cc1c(Cl)cccc1OCc1ccncc1. The van der Waals surface area contributed by atoms with E-state index in [9.17, 15) is 4.79 Å². The van der Waals surface area contributed by atoms with Crippen molar-refractivity contribution in [2.75, 3.05) is 0 Å². The fourth-order valence-corrected chi connectivity index (χ4v) is 1.61. The fourth-order valence-electron chi connectivity index (χ4n) is 1.40. The molecule has 0 unspecified atom stereocenters. The van der Waals surface area contributed by atoms with Crippen molar-refractivity contribution in [1.29, 1.82) is 0 Å². The molecular weight excluding hydrogens is 238 g/mol. The van der Waals surface area contributed by atoms with Crippen LogP contribution < -0.4 is 4.74 Å². The quantitative estimate of drug-likeness (QED) is 0.780. The Kier molecular flexibility index (Phi) is 3.73. The van der Waals surface area contributed by atoms with Crippen molar-refractivity contribution in [2.45, 2.75) is 6.61 Å². The van der Waals surface area contributed by atoms with Crippen molar-refractivity contribution >= 4 is 17.9 Å². The van der Waals surface area contributed by atoms with Gasteiger partial charge in [0, 0.05) is 12.4 Å². The van der Waals surface area contributed by atoms with Crippen molar-refractivity contribution in [1.82, 2.24) is 4.98 Å². The minimum atomic E-state index is 0.378. The summed E-state index contributed by atoms with van der Waals surface area (Å²) in [7, 11) is 0. The van der Waals surface area contributed by atoms with Gasteiger partial charge in [0.15, 0.2) is 6.29 Å². The minimum absolute atomic E-state index is 0.378.